The van der Waals surface area contributed by atoms with Crippen LogP contribution >= 0.6 is 0 Å². The third-order valence-electron chi connectivity index (χ3n) is 1.18. The van der Waals surface area contributed by atoms with Gasteiger partial charge in [-0.3, -0.25) is 10.3 Å². The van der Waals surface area contributed by atoms with Gasteiger partial charge in [0.1, 0.15) is 0 Å². The minimum atomic E-state index is -0.511. The molecule has 0 bridgehead atoms. The van der Waals surface area contributed by atoms with Crippen molar-refractivity contribution in [3.63, 3.8) is 0 Å². The van der Waals surface area contributed by atoms with Crippen molar-refractivity contribution in [2.45, 2.75) is 46.3 Å². The monoisotopic (exact) mass is 204 g/mol. The number of amides is 2. The zero-order valence-corrected chi connectivity index (χ0v) is 9.42. The molecule has 0 saturated carbocycles. The number of rotatable bonds is 3. The molecule has 0 aliphatic rings. The molecule has 14 heavy (non-hydrogen) atoms. The molecule has 6 nitrogen and oxygen atoms in total. The lowest BCUT2D eigenvalue weighted by Crippen LogP contribution is -2.54. The van der Waals surface area contributed by atoms with E-state index in [-0.39, 0.29) is 11.6 Å². The summed E-state index contributed by atoms with van der Waals surface area (Å²) >= 11 is 0. The zero-order valence-electron chi connectivity index (χ0n) is 9.42. The highest BCUT2D eigenvalue weighted by Crippen LogP contribution is 2.10. The molecule has 0 rings (SSSR count). The fourth-order valence-corrected chi connectivity index (χ4v) is 0.685. The minimum Gasteiger partial charge on any atom is -0.275 e. The van der Waals surface area contributed by atoms with E-state index in [1.165, 1.54) is 5.17 Å². The van der Waals surface area contributed by atoms with Crippen molar-refractivity contribution in [3.05, 3.63) is 0 Å². The van der Waals surface area contributed by atoms with Crippen molar-refractivity contribution < 1.29 is 9.63 Å². The van der Waals surface area contributed by atoms with Gasteiger partial charge in [-0.15, -0.1) is 0 Å². The van der Waals surface area contributed by atoms with E-state index >= 15 is 0 Å². The molecule has 0 aromatic heterocycles. The maximum atomic E-state index is 10.9. The summed E-state index contributed by atoms with van der Waals surface area (Å²) in [5.41, 5.74) is 4.05. The summed E-state index contributed by atoms with van der Waals surface area (Å²) in [4.78, 5) is 16.4. The lowest BCUT2D eigenvalue weighted by molar-refractivity contribution is -0.264. The van der Waals surface area contributed by atoms with E-state index in [4.69, 9.17) is 10.7 Å². The van der Waals surface area contributed by atoms with Crippen LogP contribution < -0.4 is 16.7 Å². The van der Waals surface area contributed by atoms with Gasteiger partial charge in [0.05, 0.1) is 11.6 Å². The maximum Gasteiger partial charge on any atom is 0.345 e. The molecule has 0 saturated heterocycles. The summed E-state index contributed by atoms with van der Waals surface area (Å²) in [6, 6.07) is -0.491. The van der Waals surface area contributed by atoms with Crippen molar-refractivity contribution in [2.75, 3.05) is 0 Å². The fraction of sp³-hybridized carbons (Fsp3) is 0.875. The van der Waals surface area contributed by atoms with Crippen LogP contribution in [0, 0.1) is 0 Å². The number of hydrogen-bond donors (Lipinski definition) is 3. The minimum absolute atomic E-state index is 0.0199. The van der Waals surface area contributed by atoms with Gasteiger partial charge in [-0.1, -0.05) is 5.17 Å². The SMILES string of the molecule is CC(C)N(NC(=O)NN)OC(C)(C)C. The van der Waals surface area contributed by atoms with Crippen LogP contribution in [-0.4, -0.2) is 22.8 Å². The normalized spacial score (nSPS) is 12.0. The van der Waals surface area contributed by atoms with Crippen molar-refractivity contribution in [3.8, 4) is 0 Å². The van der Waals surface area contributed by atoms with Crippen LogP contribution in [0.3, 0.4) is 0 Å². The Hall–Kier alpha value is -0.850. The second-order valence-electron chi connectivity index (χ2n) is 4.21. The van der Waals surface area contributed by atoms with Crippen LogP contribution in [0.4, 0.5) is 4.79 Å². The van der Waals surface area contributed by atoms with Crippen LogP contribution in [-0.2, 0) is 4.84 Å². The Labute approximate surface area is 84.7 Å². The molecule has 0 aliphatic carbocycles. The van der Waals surface area contributed by atoms with Crippen LogP contribution in [0.25, 0.3) is 0 Å². The lowest BCUT2D eigenvalue weighted by atomic mass is 10.2. The molecule has 0 fully saturated rings. The summed E-state index contributed by atoms with van der Waals surface area (Å²) < 4.78 is 0. The van der Waals surface area contributed by atoms with Crippen LogP contribution in [0.2, 0.25) is 0 Å². The summed E-state index contributed by atoms with van der Waals surface area (Å²) in [6.07, 6.45) is 0. The summed E-state index contributed by atoms with van der Waals surface area (Å²) in [6.45, 7) is 9.46. The van der Waals surface area contributed by atoms with Gasteiger partial charge in [0.15, 0.2) is 0 Å². The van der Waals surface area contributed by atoms with Gasteiger partial charge in [0.2, 0.25) is 0 Å². The average Bonchev–Trinajstić information content (AvgIpc) is 2.00. The fourth-order valence-electron chi connectivity index (χ4n) is 0.685. The van der Waals surface area contributed by atoms with Gasteiger partial charge in [0, 0.05) is 0 Å². The zero-order chi connectivity index (χ0) is 11.4. The maximum absolute atomic E-state index is 10.9. The standard InChI is InChI=1S/C8H20N4O2/c1-6(2)12(11-7(13)10-9)14-8(3,4)5/h6H,9H2,1-5H3,(H2,10,11,13). The number of urea groups is 1. The number of nitrogens with zero attached hydrogens (tertiary/aromatic N) is 1. The molecule has 4 N–H and O–H groups in total. The number of carbonyl (C=O) groups is 1. The predicted octanol–water partition coefficient (Wildman–Crippen LogP) is 0.515. The number of nitrogens with two attached hydrogens (primary N) is 1. The Balaban J connectivity index is 4.24. The Kier molecular flexibility index (Phi) is 4.82. The highest BCUT2D eigenvalue weighted by molar-refractivity contribution is 5.72. The molecular formula is C8H20N4O2. The number of hydroxylamine groups is 1. The molecule has 84 valence electrons. The number of nitrogens with one attached hydrogen (secondary N) is 2. The molecule has 0 unspecified atom stereocenters. The molecule has 0 spiro atoms. The molecule has 0 aromatic carbocycles. The van der Waals surface area contributed by atoms with Crippen molar-refractivity contribution in [1.82, 2.24) is 16.0 Å². The summed E-state index contributed by atoms with van der Waals surface area (Å²) in [5.74, 6) is 4.94. The first-order valence-electron chi connectivity index (χ1n) is 4.52. The number of hydrazine groups is 2. The van der Waals surface area contributed by atoms with Gasteiger partial charge in [0.25, 0.3) is 0 Å². The van der Waals surface area contributed by atoms with Gasteiger partial charge in [-0.05, 0) is 34.6 Å². The smallest absolute Gasteiger partial charge is 0.275 e. The quantitative estimate of drug-likeness (QED) is 0.355. The summed E-state index contributed by atoms with van der Waals surface area (Å²) in [5, 5.41) is 1.36. The van der Waals surface area contributed by atoms with Gasteiger partial charge < -0.3 is 0 Å². The second kappa shape index (κ2) is 5.14. The topological polar surface area (TPSA) is 79.6 Å². The first kappa shape index (κ1) is 13.2. The second-order valence-corrected chi connectivity index (χ2v) is 4.21. The first-order chi connectivity index (χ1) is 6.26. The van der Waals surface area contributed by atoms with Crippen molar-refractivity contribution in [2.24, 2.45) is 5.84 Å². The number of carbonyl (C=O) groups excluding carboxylic acids is 1. The van der Waals surface area contributed by atoms with Gasteiger partial charge in [-0.25, -0.2) is 16.1 Å². The molecule has 0 radical (unpaired) electrons. The number of hydrogen-bond acceptors (Lipinski definition) is 4. The van der Waals surface area contributed by atoms with E-state index in [1.807, 2.05) is 40.0 Å². The lowest BCUT2D eigenvalue weighted by Gasteiger charge is -2.32. The van der Waals surface area contributed by atoms with E-state index in [0.717, 1.165) is 0 Å². The summed E-state index contributed by atoms with van der Waals surface area (Å²) in [7, 11) is 0. The van der Waals surface area contributed by atoms with Crippen LogP contribution in [0.1, 0.15) is 34.6 Å². The van der Waals surface area contributed by atoms with Gasteiger partial charge >= 0.3 is 6.03 Å². The molecule has 0 aliphatic heterocycles. The molecular weight excluding hydrogens is 184 g/mol. The Morgan fingerprint density at radius 2 is 1.93 bits per heavy atom. The first-order valence-corrected chi connectivity index (χ1v) is 4.52. The van der Waals surface area contributed by atoms with Crippen molar-refractivity contribution >= 4 is 6.03 Å². The van der Waals surface area contributed by atoms with E-state index in [9.17, 15) is 4.79 Å². The molecule has 2 amide bonds. The highest BCUT2D eigenvalue weighted by atomic mass is 16.7. The Morgan fingerprint density at radius 1 is 1.43 bits per heavy atom. The molecule has 0 atom stereocenters. The largest absolute Gasteiger partial charge is 0.345 e. The van der Waals surface area contributed by atoms with E-state index in [1.54, 1.807) is 0 Å². The van der Waals surface area contributed by atoms with Crippen molar-refractivity contribution in [1.29, 1.82) is 0 Å². The predicted molar refractivity (Wildman–Crippen MR) is 53.7 cm³/mol. The van der Waals surface area contributed by atoms with Crippen LogP contribution in [0.15, 0.2) is 0 Å². The van der Waals surface area contributed by atoms with E-state index in [2.05, 4.69) is 5.43 Å². The molecule has 0 heterocycles. The Bertz CT molecular complexity index is 188. The van der Waals surface area contributed by atoms with E-state index < -0.39 is 6.03 Å². The average molecular weight is 204 g/mol. The molecule has 6 heteroatoms. The molecule has 0 aromatic rings. The third-order valence-corrected chi connectivity index (χ3v) is 1.18. The Morgan fingerprint density at radius 3 is 2.21 bits per heavy atom. The van der Waals surface area contributed by atoms with Crippen LogP contribution in [0.5, 0.6) is 0 Å². The highest BCUT2D eigenvalue weighted by Gasteiger charge is 2.20. The van der Waals surface area contributed by atoms with E-state index in [0.29, 0.717) is 0 Å². The van der Waals surface area contributed by atoms with Gasteiger partial charge in [-0.2, -0.15) is 0 Å². The third kappa shape index (κ3) is 5.74.